The van der Waals surface area contributed by atoms with E-state index in [1.807, 2.05) is 13.8 Å². The summed E-state index contributed by atoms with van der Waals surface area (Å²) in [5, 5.41) is 2.99. The first-order valence-electron chi connectivity index (χ1n) is 4.77. The second kappa shape index (κ2) is 3.08. The van der Waals surface area contributed by atoms with Crippen LogP contribution in [0.15, 0.2) is 6.07 Å². The highest BCUT2D eigenvalue weighted by atomic mass is 19.1. The molecular weight excluding hydrogens is 200 g/mol. The second-order valence-electron chi connectivity index (χ2n) is 4.36. The molecule has 0 unspecified atom stereocenters. The van der Waals surface area contributed by atoms with Gasteiger partial charge >= 0.3 is 0 Å². The Bertz CT molecular complexity index is 416. The predicted molar refractivity (Wildman–Crippen MR) is 54.4 cm³/mol. The monoisotopic (exact) mass is 213 g/mol. The van der Waals surface area contributed by atoms with Gasteiger partial charge in [-0.15, -0.1) is 0 Å². The molecule has 0 amide bonds. The molecule has 1 aromatic carbocycles. The number of ether oxygens (including phenoxy) is 1. The third-order valence-electron chi connectivity index (χ3n) is 2.77. The maximum absolute atomic E-state index is 13.6. The Morgan fingerprint density at radius 3 is 2.60 bits per heavy atom. The van der Waals surface area contributed by atoms with Crippen LogP contribution in [0.2, 0.25) is 0 Å². The molecule has 1 aliphatic heterocycles. The van der Waals surface area contributed by atoms with Crippen molar-refractivity contribution in [3.05, 3.63) is 23.3 Å². The number of rotatable bonds is 1. The Kier molecular flexibility index (Phi) is 2.10. The van der Waals surface area contributed by atoms with Gasteiger partial charge in [-0.05, 0) is 0 Å². The van der Waals surface area contributed by atoms with Crippen molar-refractivity contribution in [2.75, 3.05) is 19.0 Å². The average molecular weight is 213 g/mol. The number of nitrogens with one attached hydrogen (secondary N) is 1. The Labute approximate surface area is 87.2 Å². The molecule has 1 N–H and O–H groups in total. The van der Waals surface area contributed by atoms with Crippen LogP contribution in [0.25, 0.3) is 0 Å². The van der Waals surface area contributed by atoms with Gasteiger partial charge in [0, 0.05) is 23.6 Å². The van der Waals surface area contributed by atoms with Gasteiger partial charge in [-0.3, -0.25) is 0 Å². The van der Waals surface area contributed by atoms with Crippen molar-refractivity contribution in [3.63, 3.8) is 0 Å². The van der Waals surface area contributed by atoms with Crippen molar-refractivity contribution in [2.24, 2.45) is 0 Å². The highest BCUT2D eigenvalue weighted by Crippen LogP contribution is 2.44. The van der Waals surface area contributed by atoms with E-state index < -0.39 is 11.6 Å². The van der Waals surface area contributed by atoms with Crippen LogP contribution in [0.4, 0.5) is 14.5 Å². The SMILES string of the molecule is COc1c(F)cc(F)c2c1NCC2(C)C. The summed E-state index contributed by atoms with van der Waals surface area (Å²) < 4.78 is 31.9. The fourth-order valence-corrected chi connectivity index (χ4v) is 2.03. The molecule has 1 heterocycles. The molecule has 0 bridgehead atoms. The van der Waals surface area contributed by atoms with Crippen molar-refractivity contribution >= 4 is 5.69 Å². The summed E-state index contributed by atoms with van der Waals surface area (Å²) in [5.74, 6) is -1.09. The zero-order valence-corrected chi connectivity index (χ0v) is 8.95. The molecule has 2 nitrogen and oxygen atoms in total. The standard InChI is InChI=1S/C11H13F2NO/c1-11(2)5-14-9-8(11)6(12)4-7(13)10(9)15-3/h4,14H,5H2,1-3H3. The summed E-state index contributed by atoms with van der Waals surface area (Å²) in [5.41, 5.74) is 0.612. The van der Waals surface area contributed by atoms with Gasteiger partial charge in [-0.2, -0.15) is 0 Å². The zero-order valence-electron chi connectivity index (χ0n) is 8.95. The van der Waals surface area contributed by atoms with E-state index in [2.05, 4.69) is 5.32 Å². The summed E-state index contributed by atoms with van der Waals surface area (Å²) >= 11 is 0. The minimum absolute atomic E-state index is 0.0944. The van der Waals surface area contributed by atoms with Crippen molar-refractivity contribution in [2.45, 2.75) is 19.3 Å². The minimum Gasteiger partial charge on any atom is -0.492 e. The lowest BCUT2D eigenvalue weighted by Crippen LogP contribution is -2.20. The summed E-state index contributed by atoms with van der Waals surface area (Å²) in [6.45, 7) is 4.40. The quantitative estimate of drug-likeness (QED) is 0.774. The van der Waals surface area contributed by atoms with Crippen molar-refractivity contribution < 1.29 is 13.5 Å². The lowest BCUT2D eigenvalue weighted by Gasteiger charge is -2.18. The number of hydrogen-bond acceptors (Lipinski definition) is 2. The molecule has 1 aliphatic rings. The molecule has 0 saturated carbocycles. The number of fused-ring (bicyclic) bond motifs is 1. The Morgan fingerprint density at radius 2 is 2.00 bits per heavy atom. The third-order valence-corrected chi connectivity index (χ3v) is 2.77. The molecule has 0 spiro atoms. The van der Waals surface area contributed by atoms with Gasteiger partial charge in [0.1, 0.15) is 5.82 Å². The first-order valence-corrected chi connectivity index (χ1v) is 4.77. The van der Waals surface area contributed by atoms with Crippen LogP contribution in [0.1, 0.15) is 19.4 Å². The first kappa shape index (κ1) is 10.2. The average Bonchev–Trinajstić information content (AvgIpc) is 2.43. The first-order chi connectivity index (χ1) is 6.97. The molecule has 2 rings (SSSR count). The van der Waals surface area contributed by atoms with E-state index >= 15 is 0 Å². The van der Waals surface area contributed by atoms with E-state index in [1.165, 1.54) is 7.11 Å². The van der Waals surface area contributed by atoms with Gasteiger partial charge in [0.05, 0.1) is 12.8 Å². The van der Waals surface area contributed by atoms with E-state index in [1.54, 1.807) is 0 Å². The normalized spacial score (nSPS) is 17.1. The summed E-state index contributed by atoms with van der Waals surface area (Å²) in [6, 6.07) is 0.881. The van der Waals surface area contributed by atoms with Crippen LogP contribution in [-0.2, 0) is 5.41 Å². The molecule has 82 valence electrons. The van der Waals surface area contributed by atoms with Gasteiger partial charge in [-0.25, -0.2) is 8.78 Å². The van der Waals surface area contributed by atoms with Crippen LogP contribution in [0.5, 0.6) is 5.75 Å². The molecule has 0 aliphatic carbocycles. The van der Waals surface area contributed by atoms with Crippen LogP contribution < -0.4 is 10.1 Å². The summed E-state index contributed by atoms with van der Waals surface area (Å²) in [6.07, 6.45) is 0. The zero-order chi connectivity index (χ0) is 11.2. The number of methoxy groups -OCH3 is 1. The fraction of sp³-hybridized carbons (Fsp3) is 0.455. The Morgan fingerprint density at radius 1 is 1.33 bits per heavy atom. The topological polar surface area (TPSA) is 21.3 Å². The fourth-order valence-electron chi connectivity index (χ4n) is 2.03. The highest BCUT2D eigenvalue weighted by molar-refractivity contribution is 5.69. The molecule has 0 atom stereocenters. The third kappa shape index (κ3) is 1.35. The van der Waals surface area contributed by atoms with E-state index in [-0.39, 0.29) is 11.2 Å². The number of benzene rings is 1. The molecule has 4 heteroatoms. The van der Waals surface area contributed by atoms with Crippen molar-refractivity contribution in [1.82, 2.24) is 0 Å². The van der Waals surface area contributed by atoms with Gasteiger partial charge in [0.25, 0.3) is 0 Å². The van der Waals surface area contributed by atoms with Crippen LogP contribution in [-0.4, -0.2) is 13.7 Å². The Balaban J connectivity index is 2.72. The lowest BCUT2D eigenvalue weighted by atomic mass is 9.86. The van der Waals surface area contributed by atoms with Gasteiger partial charge in [0.2, 0.25) is 0 Å². The molecule has 15 heavy (non-hydrogen) atoms. The lowest BCUT2D eigenvalue weighted by molar-refractivity contribution is 0.385. The van der Waals surface area contributed by atoms with E-state index in [4.69, 9.17) is 4.74 Å². The second-order valence-corrected chi connectivity index (χ2v) is 4.36. The van der Waals surface area contributed by atoms with Crippen molar-refractivity contribution in [3.8, 4) is 5.75 Å². The van der Waals surface area contributed by atoms with Crippen LogP contribution in [0, 0.1) is 11.6 Å². The van der Waals surface area contributed by atoms with Crippen molar-refractivity contribution in [1.29, 1.82) is 0 Å². The Hall–Kier alpha value is -1.32. The smallest absolute Gasteiger partial charge is 0.178 e. The predicted octanol–water partition coefficient (Wildman–Crippen LogP) is 2.68. The molecule has 0 fully saturated rings. The van der Waals surface area contributed by atoms with E-state index in [0.717, 1.165) is 6.07 Å². The summed E-state index contributed by atoms with van der Waals surface area (Å²) in [7, 11) is 1.38. The molecule has 0 saturated heterocycles. The van der Waals surface area contributed by atoms with Gasteiger partial charge in [0.15, 0.2) is 11.6 Å². The highest BCUT2D eigenvalue weighted by Gasteiger charge is 2.36. The summed E-state index contributed by atoms with van der Waals surface area (Å²) in [4.78, 5) is 0. The van der Waals surface area contributed by atoms with Gasteiger partial charge in [-0.1, -0.05) is 13.8 Å². The molecule has 0 aromatic heterocycles. The number of anilines is 1. The minimum atomic E-state index is -0.668. The van der Waals surface area contributed by atoms with Crippen LogP contribution >= 0.6 is 0 Å². The van der Waals surface area contributed by atoms with Crippen LogP contribution in [0.3, 0.4) is 0 Å². The van der Waals surface area contributed by atoms with E-state index in [9.17, 15) is 8.78 Å². The molecule has 1 aromatic rings. The molecular formula is C11H13F2NO. The number of hydrogen-bond donors (Lipinski definition) is 1. The largest absolute Gasteiger partial charge is 0.492 e. The van der Waals surface area contributed by atoms with Gasteiger partial charge < -0.3 is 10.1 Å². The molecule has 0 radical (unpaired) electrons. The maximum Gasteiger partial charge on any atom is 0.178 e. The van der Waals surface area contributed by atoms with E-state index in [0.29, 0.717) is 17.8 Å². The maximum atomic E-state index is 13.6. The number of halogens is 2.